The number of imidazole rings is 1. The molecule has 1 aromatic rings. The van der Waals surface area contributed by atoms with E-state index in [2.05, 4.69) is 15.3 Å². The predicted octanol–water partition coefficient (Wildman–Crippen LogP) is 1.22. The molecule has 0 bridgehead atoms. The number of hydrogen-bond acceptors (Lipinski definition) is 3. The third-order valence-electron chi connectivity index (χ3n) is 3.77. The van der Waals surface area contributed by atoms with Crippen LogP contribution < -0.4 is 5.32 Å². The van der Waals surface area contributed by atoms with Gasteiger partial charge in [-0.3, -0.25) is 4.79 Å². The number of carboxylic acids is 1. The number of carbonyl (C=O) groups excluding carboxylic acids is 1. The lowest BCUT2D eigenvalue weighted by Gasteiger charge is -2.21. The molecule has 1 aliphatic rings. The first-order chi connectivity index (χ1) is 9.52. The van der Waals surface area contributed by atoms with Crippen molar-refractivity contribution in [3.8, 4) is 0 Å². The molecular weight excluding hydrogens is 260 g/mol. The number of nitrogens with one attached hydrogen (secondary N) is 2. The molecule has 2 rings (SSSR count). The van der Waals surface area contributed by atoms with Crippen LogP contribution in [0.4, 0.5) is 4.79 Å². The van der Waals surface area contributed by atoms with Gasteiger partial charge in [-0.05, 0) is 12.3 Å². The summed E-state index contributed by atoms with van der Waals surface area (Å²) >= 11 is 0. The van der Waals surface area contributed by atoms with E-state index in [9.17, 15) is 9.59 Å². The van der Waals surface area contributed by atoms with E-state index in [4.69, 9.17) is 5.11 Å². The molecular formula is C13H20N4O3. The molecule has 1 fully saturated rings. The molecule has 3 atom stereocenters. The lowest BCUT2D eigenvalue weighted by molar-refractivity contribution is -0.142. The number of hydrogen-bond donors (Lipinski definition) is 3. The van der Waals surface area contributed by atoms with Crippen LogP contribution in [0.15, 0.2) is 12.4 Å². The van der Waals surface area contributed by atoms with Gasteiger partial charge in [0.05, 0.1) is 12.0 Å². The molecule has 3 N–H and O–H groups in total. The fourth-order valence-electron chi connectivity index (χ4n) is 2.53. The molecule has 1 saturated heterocycles. The van der Waals surface area contributed by atoms with Crippen LogP contribution in [0, 0.1) is 11.8 Å². The summed E-state index contributed by atoms with van der Waals surface area (Å²) in [6.07, 6.45) is 4.07. The number of rotatable bonds is 4. The van der Waals surface area contributed by atoms with Gasteiger partial charge in [-0.25, -0.2) is 9.78 Å². The number of carbonyl (C=O) groups is 2. The number of nitrogens with zero attached hydrogens (tertiary/aromatic N) is 2. The smallest absolute Gasteiger partial charge is 0.318 e. The Morgan fingerprint density at radius 3 is 2.85 bits per heavy atom. The Labute approximate surface area is 117 Å². The van der Waals surface area contributed by atoms with Gasteiger partial charge < -0.3 is 20.3 Å². The molecule has 2 amide bonds. The summed E-state index contributed by atoms with van der Waals surface area (Å²) in [4.78, 5) is 32.0. The summed E-state index contributed by atoms with van der Waals surface area (Å²) in [5, 5.41) is 12.0. The van der Waals surface area contributed by atoms with E-state index in [1.165, 1.54) is 0 Å². The van der Waals surface area contributed by atoms with Gasteiger partial charge in [0.1, 0.15) is 5.82 Å². The van der Waals surface area contributed by atoms with Crippen molar-refractivity contribution < 1.29 is 14.7 Å². The molecule has 3 unspecified atom stereocenters. The molecule has 1 aromatic heterocycles. The van der Waals surface area contributed by atoms with Crippen LogP contribution in [0.3, 0.4) is 0 Å². The maximum atomic E-state index is 12.2. The van der Waals surface area contributed by atoms with E-state index in [0.717, 1.165) is 0 Å². The number of aromatic amines is 1. The van der Waals surface area contributed by atoms with E-state index in [-0.39, 0.29) is 24.5 Å². The quantitative estimate of drug-likeness (QED) is 0.772. The van der Waals surface area contributed by atoms with Gasteiger partial charge in [-0.1, -0.05) is 13.8 Å². The first kappa shape index (κ1) is 14.4. The topological polar surface area (TPSA) is 98.3 Å². The molecule has 20 heavy (non-hydrogen) atoms. The molecule has 7 nitrogen and oxygen atoms in total. The van der Waals surface area contributed by atoms with Gasteiger partial charge >= 0.3 is 12.0 Å². The summed E-state index contributed by atoms with van der Waals surface area (Å²) < 4.78 is 0. The van der Waals surface area contributed by atoms with Crippen LogP contribution in [0.1, 0.15) is 32.1 Å². The summed E-state index contributed by atoms with van der Waals surface area (Å²) in [6.45, 7) is 4.55. The predicted molar refractivity (Wildman–Crippen MR) is 72.0 cm³/mol. The second-order valence-electron chi connectivity index (χ2n) is 5.21. The van der Waals surface area contributed by atoms with Gasteiger partial charge in [0, 0.05) is 25.5 Å². The first-order valence-electron chi connectivity index (χ1n) is 6.80. The maximum Gasteiger partial charge on any atom is 0.318 e. The highest BCUT2D eigenvalue weighted by Crippen LogP contribution is 2.23. The van der Waals surface area contributed by atoms with E-state index >= 15 is 0 Å². The Morgan fingerprint density at radius 1 is 1.60 bits per heavy atom. The zero-order valence-corrected chi connectivity index (χ0v) is 11.7. The number of amides is 2. The number of likely N-dealkylation sites (tertiary alicyclic amines) is 1. The van der Waals surface area contributed by atoms with Crippen molar-refractivity contribution in [3.05, 3.63) is 18.2 Å². The van der Waals surface area contributed by atoms with Crippen molar-refractivity contribution in [2.45, 2.75) is 26.3 Å². The number of H-pyrrole nitrogens is 1. The zero-order chi connectivity index (χ0) is 14.7. The Balaban J connectivity index is 1.97. The highest BCUT2D eigenvalue weighted by molar-refractivity contribution is 5.77. The minimum atomic E-state index is -0.842. The minimum Gasteiger partial charge on any atom is -0.481 e. The summed E-state index contributed by atoms with van der Waals surface area (Å²) in [5.41, 5.74) is 0. The van der Waals surface area contributed by atoms with Crippen molar-refractivity contribution in [1.29, 1.82) is 0 Å². The van der Waals surface area contributed by atoms with Crippen molar-refractivity contribution in [2.24, 2.45) is 11.8 Å². The van der Waals surface area contributed by atoms with E-state index < -0.39 is 11.9 Å². The number of aromatic nitrogens is 2. The summed E-state index contributed by atoms with van der Waals surface area (Å²) in [5.74, 6) is -0.639. The van der Waals surface area contributed by atoms with Gasteiger partial charge in [0.2, 0.25) is 0 Å². The average molecular weight is 280 g/mol. The van der Waals surface area contributed by atoms with Gasteiger partial charge in [0.25, 0.3) is 0 Å². The Kier molecular flexibility index (Phi) is 4.26. The Morgan fingerprint density at radius 2 is 2.35 bits per heavy atom. The molecule has 0 spiro atoms. The zero-order valence-electron chi connectivity index (χ0n) is 11.7. The second-order valence-corrected chi connectivity index (χ2v) is 5.21. The first-order valence-corrected chi connectivity index (χ1v) is 6.80. The standard InChI is InChI=1S/C13H20N4O3/c1-3-10(11-14-4-5-15-11)16-13(20)17-6-8(2)9(7-17)12(18)19/h4-5,8-10H,3,6-7H2,1-2H3,(H,14,15)(H,16,20)(H,18,19). The van der Waals surface area contributed by atoms with Crippen LogP contribution in [-0.2, 0) is 4.79 Å². The third kappa shape index (κ3) is 2.92. The largest absolute Gasteiger partial charge is 0.481 e. The van der Waals surface area contributed by atoms with Crippen LogP contribution in [0.25, 0.3) is 0 Å². The molecule has 0 radical (unpaired) electrons. The lowest BCUT2D eigenvalue weighted by Crippen LogP contribution is -2.41. The molecule has 0 aliphatic carbocycles. The van der Waals surface area contributed by atoms with Crippen molar-refractivity contribution in [3.63, 3.8) is 0 Å². The highest BCUT2D eigenvalue weighted by atomic mass is 16.4. The molecule has 0 saturated carbocycles. The normalized spacial score (nSPS) is 23.6. The molecule has 7 heteroatoms. The van der Waals surface area contributed by atoms with Gasteiger partial charge in [-0.15, -0.1) is 0 Å². The fraction of sp³-hybridized carbons (Fsp3) is 0.615. The minimum absolute atomic E-state index is 0.0260. The van der Waals surface area contributed by atoms with E-state index in [0.29, 0.717) is 18.8 Å². The number of carboxylic acid groups (broad SMARTS) is 1. The molecule has 110 valence electrons. The number of aliphatic carboxylic acids is 1. The summed E-state index contributed by atoms with van der Waals surface area (Å²) in [6, 6.07) is -0.416. The van der Waals surface area contributed by atoms with Gasteiger partial charge in [0.15, 0.2) is 0 Å². The monoisotopic (exact) mass is 280 g/mol. The summed E-state index contributed by atoms with van der Waals surface area (Å²) in [7, 11) is 0. The van der Waals surface area contributed by atoms with Crippen LogP contribution in [0.5, 0.6) is 0 Å². The Hall–Kier alpha value is -2.05. The van der Waals surface area contributed by atoms with Crippen molar-refractivity contribution in [1.82, 2.24) is 20.2 Å². The van der Waals surface area contributed by atoms with Crippen molar-refractivity contribution in [2.75, 3.05) is 13.1 Å². The molecule has 0 aromatic carbocycles. The van der Waals surface area contributed by atoms with Crippen LogP contribution in [0.2, 0.25) is 0 Å². The van der Waals surface area contributed by atoms with Crippen LogP contribution >= 0.6 is 0 Å². The van der Waals surface area contributed by atoms with Crippen LogP contribution in [-0.4, -0.2) is 45.1 Å². The molecule has 1 aliphatic heterocycles. The van der Waals surface area contributed by atoms with Crippen molar-refractivity contribution >= 4 is 12.0 Å². The lowest BCUT2D eigenvalue weighted by atomic mass is 9.99. The maximum absolute atomic E-state index is 12.2. The SMILES string of the molecule is CCC(NC(=O)N1CC(C)C(C(=O)O)C1)c1ncc[nH]1. The van der Waals surface area contributed by atoms with Gasteiger partial charge in [-0.2, -0.15) is 0 Å². The third-order valence-corrected chi connectivity index (χ3v) is 3.77. The second kappa shape index (κ2) is 5.94. The fourth-order valence-corrected chi connectivity index (χ4v) is 2.53. The van der Waals surface area contributed by atoms with E-state index in [1.807, 2.05) is 13.8 Å². The average Bonchev–Trinajstić information content (AvgIpc) is 3.04. The highest BCUT2D eigenvalue weighted by Gasteiger charge is 2.37. The number of urea groups is 1. The van der Waals surface area contributed by atoms with E-state index in [1.54, 1.807) is 17.3 Å². The Bertz CT molecular complexity index is 474. The molecule has 2 heterocycles.